The molecule has 2 bridgehead atoms. The molecule has 3 heterocycles. The number of anilines is 2. The highest BCUT2D eigenvalue weighted by Crippen LogP contribution is 2.42. The quantitative estimate of drug-likeness (QED) is 0.507. The molecule has 0 radical (unpaired) electrons. The van der Waals surface area contributed by atoms with E-state index in [0.717, 1.165) is 11.3 Å². The average Bonchev–Trinajstić information content (AvgIpc) is 3.30. The van der Waals surface area contributed by atoms with E-state index in [1.165, 1.54) is 7.11 Å². The third kappa shape index (κ3) is 6.31. The number of carbonyl (C=O) groups excluding carboxylic acids is 3. The molecule has 10 nitrogen and oxygen atoms in total. The fourth-order valence-corrected chi connectivity index (χ4v) is 4.45. The van der Waals surface area contributed by atoms with Gasteiger partial charge < -0.3 is 24.8 Å². The Kier molecular flexibility index (Phi) is 7.56. The van der Waals surface area contributed by atoms with Gasteiger partial charge in [-0.15, -0.1) is 0 Å². The van der Waals surface area contributed by atoms with E-state index in [2.05, 4.69) is 16.0 Å². The molecule has 0 spiro atoms. The number of methoxy groups -OCH3 is 1. The Labute approximate surface area is 216 Å². The highest BCUT2D eigenvalue weighted by atomic mass is 16.6. The number of hydrogen-bond donors (Lipinski definition) is 3. The maximum Gasteiger partial charge on any atom is 0.411 e. The van der Waals surface area contributed by atoms with Gasteiger partial charge in [0.15, 0.2) is 0 Å². The van der Waals surface area contributed by atoms with E-state index in [1.807, 2.05) is 39.8 Å². The Hall–Kier alpha value is -3.82. The first kappa shape index (κ1) is 26.2. The van der Waals surface area contributed by atoms with Crippen LogP contribution in [0.15, 0.2) is 24.3 Å². The molecule has 1 aromatic carbocycles. The van der Waals surface area contributed by atoms with Crippen molar-refractivity contribution in [2.75, 3.05) is 24.4 Å². The molecule has 0 fully saturated rings. The van der Waals surface area contributed by atoms with Gasteiger partial charge in [0.2, 0.25) is 5.91 Å². The van der Waals surface area contributed by atoms with Crippen molar-refractivity contribution in [3.05, 3.63) is 35.7 Å². The third-order valence-electron chi connectivity index (χ3n) is 6.27. The van der Waals surface area contributed by atoms with Crippen LogP contribution in [-0.4, -0.2) is 42.4 Å². The van der Waals surface area contributed by atoms with Gasteiger partial charge in [-0.2, -0.15) is 0 Å². The van der Waals surface area contributed by atoms with E-state index in [9.17, 15) is 14.4 Å². The standard InChI is InChI=1S/C27H34N4O6/c1-15-7-6-8-19(31-26(34)37-27(2,3)4)22-14-18(23-20(29-22)11-12-36-23)17-10-9-16(28-25(33)35-5)13-21(17)30-24(15)32/h9-10,13-15,19H,6-8,11-12H2,1-5H3,(H,28,33)(H,30,32)(H,31,34)/t15-,19+/m1/s1. The van der Waals surface area contributed by atoms with Gasteiger partial charge in [-0.1, -0.05) is 19.4 Å². The predicted octanol–water partition coefficient (Wildman–Crippen LogP) is 5.19. The molecule has 10 heteroatoms. The molecule has 0 saturated carbocycles. The third-order valence-corrected chi connectivity index (χ3v) is 6.27. The molecular weight excluding hydrogens is 476 g/mol. The summed E-state index contributed by atoms with van der Waals surface area (Å²) in [6.45, 7) is 7.81. The van der Waals surface area contributed by atoms with Crippen molar-refractivity contribution in [3.8, 4) is 16.9 Å². The van der Waals surface area contributed by atoms with Crippen LogP contribution in [-0.2, 0) is 20.7 Å². The summed E-state index contributed by atoms with van der Waals surface area (Å²) in [5, 5.41) is 8.66. The van der Waals surface area contributed by atoms with Crippen LogP contribution in [0.3, 0.4) is 0 Å². The Morgan fingerprint density at radius 2 is 1.92 bits per heavy atom. The Morgan fingerprint density at radius 1 is 1.14 bits per heavy atom. The summed E-state index contributed by atoms with van der Waals surface area (Å²) >= 11 is 0. The number of ether oxygens (including phenoxy) is 3. The minimum absolute atomic E-state index is 0.138. The predicted molar refractivity (Wildman–Crippen MR) is 139 cm³/mol. The number of carbonyl (C=O) groups is 3. The summed E-state index contributed by atoms with van der Waals surface area (Å²) in [5.74, 6) is 0.231. The fraction of sp³-hybridized carbons (Fsp3) is 0.481. The van der Waals surface area contributed by atoms with Gasteiger partial charge in [0, 0.05) is 29.2 Å². The molecule has 2 aliphatic rings. The number of rotatable bonds is 2. The lowest BCUT2D eigenvalue weighted by Gasteiger charge is -2.25. The maximum atomic E-state index is 13.1. The van der Waals surface area contributed by atoms with Gasteiger partial charge in [0.25, 0.3) is 0 Å². The van der Waals surface area contributed by atoms with E-state index < -0.39 is 23.8 Å². The zero-order chi connectivity index (χ0) is 26.7. The van der Waals surface area contributed by atoms with Gasteiger partial charge in [-0.3, -0.25) is 15.1 Å². The Morgan fingerprint density at radius 3 is 2.65 bits per heavy atom. The molecule has 3 N–H and O–H groups in total. The van der Waals surface area contributed by atoms with Crippen molar-refractivity contribution in [2.45, 2.75) is 65.0 Å². The van der Waals surface area contributed by atoms with Gasteiger partial charge in [0.1, 0.15) is 11.4 Å². The molecule has 2 aliphatic heterocycles. The zero-order valence-electron chi connectivity index (χ0n) is 21.9. The number of pyridine rings is 1. The van der Waals surface area contributed by atoms with Gasteiger partial charge in [-0.05, 0) is 51.8 Å². The molecule has 198 valence electrons. The number of benzene rings is 1. The lowest BCUT2D eigenvalue weighted by Crippen LogP contribution is -2.35. The van der Waals surface area contributed by atoms with E-state index in [0.29, 0.717) is 60.7 Å². The van der Waals surface area contributed by atoms with Crippen LogP contribution in [0.4, 0.5) is 21.0 Å². The van der Waals surface area contributed by atoms with Crippen molar-refractivity contribution in [1.29, 1.82) is 0 Å². The average molecular weight is 511 g/mol. The summed E-state index contributed by atoms with van der Waals surface area (Å²) in [4.78, 5) is 42.4. The van der Waals surface area contributed by atoms with Crippen LogP contribution in [0.2, 0.25) is 0 Å². The smallest absolute Gasteiger partial charge is 0.411 e. The second kappa shape index (κ2) is 10.7. The van der Waals surface area contributed by atoms with Crippen LogP contribution in [0.1, 0.15) is 64.4 Å². The maximum absolute atomic E-state index is 13.1. The van der Waals surface area contributed by atoms with Crippen molar-refractivity contribution in [1.82, 2.24) is 10.3 Å². The number of alkyl carbamates (subject to hydrolysis) is 1. The van der Waals surface area contributed by atoms with Crippen molar-refractivity contribution >= 4 is 29.5 Å². The monoisotopic (exact) mass is 510 g/mol. The molecule has 37 heavy (non-hydrogen) atoms. The Balaban J connectivity index is 1.82. The van der Waals surface area contributed by atoms with Crippen LogP contribution in [0.25, 0.3) is 11.1 Å². The number of nitrogens with zero attached hydrogens (tertiary/aromatic N) is 1. The van der Waals surface area contributed by atoms with Crippen molar-refractivity contribution in [2.24, 2.45) is 5.92 Å². The highest BCUT2D eigenvalue weighted by Gasteiger charge is 2.28. The normalized spacial score (nSPS) is 19.1. The lowest BCUT2D eigenvalue weighted by molar-refractivity contribution is -0.119. The highest BCUT2D eigenvalue weighted by molar-refractivity contribution is 5.99. The number of fused-ring (bicyclic) bond motifs is 6. The number of amides is 3. The first-order chi connectivity index (χ1) is 17.5. The first-order valence-electron chi connectivity index (χ1n) is 12.5. The summed E-state index contributed by atoms with van der Waals surface area (Å²) in [5.41, 5.74) is 3.33. The summed E-state index contributed by atoms with van der Waals surface area (Å²) in [7, 11) is 1.29. The second-order valence-corrected chi connectivity index (χ2v) is 10.4. The summed E-state index contributed by atoms with van der Waals surface area (Å²) in [6, 6.07) is 6.73. The molecular formula is C27H34N4O6. The largest absolute Gasteiger partial charge is 0.491 e. The van der Waals surface area contributed by atoms with E-state index in [1.54, 1.807) is 12.1 Å². The summed E-state index contributed by atoms with van der Waals surface area (Å²) in [6.07, 6.45) is 1.41. The number of aromatic nitrogens is 1. The second-order valence-electron chi connectivity index (χ2n) is 10.4. The molecule has 1 aromatic heterocycles. The van der Waals surface area contributed by atoms with Crippen LogP contribution in [0, 0.1) is 5.92 Å². The van der Waals surface area contributed by atoms with Gasteiger partial charge >= 0.3 is 12.2 Å². The van der Waals surface area contributed by atoms with E-state index in [-0.39, 0.29) is 11.8 Å². The molecule has 2 atom stereocenters. The first-order valence-corrected chi connectivity index (χ1v) is 12.5. The fourth-order valence-electron chi connectivity index (χ4n) is 4.45. The number of hydrogen-bond acceptors (Lipinski definition) is 7. The minimum Gasteiger partial charge on any atom is -0.491 e. The van der Waals surface area contributed by atoms with E-state index in [4.69, 9.17) is 19.2 Å². The van der Waals surface area contributed by atoms with Crippen LogP contribution >= 0.6 is 0 Å². The molecule has 0 unspecified atom stereocenters. The topological polar surface area (TPSA) is 128 Å². The Bertz CT molecular complexity index is 1210. The molecule has 0 aliphatic carbocycles. The van der Waals surface area contributed by atoms with Crippen molar-refractivity contribution < 1.29 is 28.6 Å². The van der Waals surface area contributed by atoms with Gasteiger partial charge in [0.05, 0.1) is 36.8 Å². The molecule has 0 saturated heterocycles. The molecule has 3 amide bonds. The van der Waals surface area contributed by atoms with Crippen molar-refractivity contribution in [3.63, 3.8) is 0 Å². The number of nitrogens with one attached hydrogen (secondary N) is 3. The SMILES string of the molecule is COC(=O)Nc1ccc2c(c1)NC(=O)[C@H](C)CCC[C@H](NC(=O)OC(C)(C)C)c1cc-2c2c(n1)CCO2. The zero-order valence-corrected chi connectivity index (χ0v) is 21.9. The van der Waals surface area contributed by atoms with Crippen LogP contribution < -0.4 is 20.7 Å². The van der Waals surface area contributed by atoms with E-state index >= 15 is 0 Å². The lowest BCUT2D eigenvalue weighted by atomic mass is 9.94. The van der Waals surface area contributed by atoms with Crippen LogP contribution in [0.5, 0.6) is 5.75 Å². The molecule has 2 aromatic rings. The van der Waals surface area contributed by atoms with Gasteiger partial charge in [-0.25, -0.2) is 9.59 Å². The molecule has 4 rings (SSSR count). The minimum atomic E-state index is -0.638. The summed E-state index contributed by atoms with van der Waals surface area (Å²) < 4.78 is 16.2.